The first-order valence-electron chi connectivity index (χ1n) is 8.83. The van der Waals surface area contributed by atoms with Gasteiger partial charge in [-0.15, -0.1) is 0 Å². The van der Waals surface area contributed by atoms with E-state index >= 15 is 0 Å². The third-order valence-corrected chi connectivity index (χ3v) is 5.66. The normalized spacial score (nSPS) is 29.8. The Bertz CT molecular complexity index is 515. The summed E-state index contributed by atoms with van der Waals surface area (Å²) in [7, 11) is 1.67. The van der Waals surface area contributed by atoms with E-state index in [1.54, 1.807) is 7.11 Å². The Balaban J connectivity index is 1.46. The van der Waals surface area contributed by atoms with E-state index in [1.807, 2.05) is 12.1 Å². The van der Waals surface area contributed by atoms with Crippen molar-refractivity contribution in [1.82, 2.24) is 5.32 Å². The van der Waals surface area contributed by atoms with Gasteiger partial charge in [0.1, 0.15) is 5.75 Å². The molecule has 1 aromatic carbocycles. The molecule has 23 heavy (non-hydrogen) atoms. The molecule has 0 radical (unpaired) electrons. The average Bonchev–Trinajstić information content (AvgIpc) is 2.55. The molecule has 0 aromatic heterocycles. The van der Waals surface area contributed by atoms with E-state index in [0.29, 0.717) is 24.4 Å². The lowest BCUT2D eigenvalue weighted by atomic mass is 9.65. The van der Waals surface area contributed by atoms with E-state index in [9.17, 15) is 4.79 Å². The number of rotatable bonds is 5. The summed E-state index contributed by atoms with van der Waals surface area (Å²) in [5, 5.41) is 3.12. The predicted molar refractivity (Wildman–Crippen MR) is 91.2 cm³/mol. The Kier molecular flexibility index (Phi) is 5.21. The molecule has 1 aromatic rings. The van der Waals surface area contributed by atoms with E-state index in [2.05, 4.69) is 17.4 Å². The molecule has 4 nitrogen and oxygen atoms in total. The zero-order chi connectivity index (χ0) is 16.2. The lowest BCUT2D eigenvalue weighted by Gasteiger charge is -2.43. The molecule has 0 saturated heterocycles. The summed E-state index contributed by atoms with van der Waals surface area (Å²) in [6, 6.07) is 8.35. The number of nitrogens with one attached hydrogen (secondary N) is 1. The first kappa shape index (κ1) is 16.3. The molecule has 2 unspecified atom stereocenters. The standard InChI is InChI=1S/C19H28N2O2/c1-23-17-7-5-13(6-8-17)9-10-21-19(22)16-11-14-3-2-4-15(12-16)18(14)20/h5-8,14-16,18H,2-4,9-12,20H2,1H3,(H,21,22). The molecule has 4 heteroatoms. The molecule has 126 valence electrons. The topological polar surface area (TPSA) is 64.3 Å². The van der Waals surface area contributed by atoms with Crippen LogP contribution in [0.5, 0.6) is 5.75 Å². The van der Waals surface area contributed by atoms with Gasteiger partial charge >= 0.3 is 0 Å². The van der Waals surface area contributed by atoms with Crippen molar-refractivity contribution in [2.45, 2.75) is 44.6 Å². The van der Waals surface area contributed by atoms with Crippen LogP contribution in [0.15, 0.2) is 24.3 Å². The highest BCUT2D eigenvalue weighted by molar-refractivity contribution is 5.78. The van der Waals surface area contributed by atoms with Crippen LogP contribution in [-0.4, -0.2) is 25.6 Å². The number of ether oxygens (including phenoxy) is 1. The van der Waals surface area contributed by atoms with Gasteiger partial charge in [-0.3, -0.25) is 4.79 Å². The minimum absolute atomic E-state index is 0.168. The van der Waals surface area contributed by atoms with Crippen LogP contribution in [0.4, 0.5) is 0 Å². The fourth-order valence-electron chi connectivity index (χ4n) is 4.27. The first-order chi connectivity index (χ1) is 11.2. The predicted octanol–water partition coefficient (Wildman–Crippen LogP) is 2.51. The number of hydrogen-bond acceptors (Lipinski definition) is 3. The summed E-state index contributed by atoms with van der Waals surface area (Å²) in [5.74, 6) is 2.37. The molecule has 0 aliphatic heterocycles. The molecule has 2 saturated carbocycles. The Hall–Kier alpha value is -1.55. The monoisotopic (exact) mass is 316 g/mol. The SMILES string of the molecule is COc1ccc(CCNC(=O)C2CC3CCCC(C2)C3N)cc1. The van der Waals surface area contributed by atoms with Gasteiger partial charge in [0.15, 0.2) is 0 Å². The van der Waals surface area contributed by atoms with Gasteiger partial charge in [0.2, 0.25) is 5.91 Å². The van der Waals surface area contributed by atoms with Crippen LogP contribution in [0.3, 0.4) is 0 Å². The molecule has 2 aliphatic carbocycles. The van der Waals surface area contributed by atoms with Crippen molar-refractivity contribution in [2.24, 2.45) is 23.5 Å². The van der Waals surface area contributed by atoms with Crippen LogP contribution in [0, 0.1) is 17.8 Å². The molecule has 3 N–H and O–H groups in total. The minimum atomic E-state index is 0.168. The van der Waals surface area contributed by atoms with Gasteiger partial charge in [-0.25, -0.2) is 0 Å². The van der Waals surface area contributed by atoms with E-state index < -0.39 is 0 Å². The third-order valence-electron chi connectivity index (χ3n) is 5.66. The van der Waals surface area contributed by atoms with E-state index in [0.717, 1.165) is 25.0 Å². The maximum Gasteiger partial charge on any atom is 0.223 e. The summed E-state index contributed by atoms with van der Waals surface area (Å²) in [5.41, 5.74) is 7.52. The van der Waals surface area contributed by atoms with E-state index in [4.69, 9.17) is 10.5 Å². The summed E-state index contributed by atoms with van der Waals surface area (Å²) < 4.78 is 5.16. The van der Waals surface area contributed by atoms with Crippen molar-refractivity contribution in [3.8, 4) is 5.75 Å². The average molecular weight is 316 g/mol. The second-order valence-electron chi connectivity index (χ2n) is 7.09. The van der Waals surface area contributed by atoms with Crippen molar-refractivity contribution in [3.05, 3.63) is 29.8 Å². The Morgan fingerprint density at radius 2 is 1.87 bits per heavy atom. The number of carbonyl (C=O) groups is 1. The Morgan fingerprint density at radius 3 is 2.48 bits per heavy atom. The summed E-state index contributed by atoms with van der Waals surface area (Å²) in [6.07, 6.45) is 6.50. The fourth-order valence-corrected chi connectivity index (χ4v) is 4.27. The van der Waals surface area contributed by atoms with Crippen LogP contribution in [0.1, 0.15) is 37.7 Å². The highest BCUT2D eigenvalue weighted by Crippen LogP contribution is 2.41. The molecule has 0 spiro atoms. The molecule has 2 atom stereocenters. The third kappa shape index (κ3) is 3.86. The maximum absolute atomic E-state index is 12.5. The van der Waals surface area contributed by atoms with Crippen molar-refractivity contribution < 1.29 is 9.53 Å². The molecule has 2 fully saturated rings. The molecule has 0 heterocycles. The molecular formula is C19H28N2O2. The highest BCUT2D eigenvalue weighted by Gasteiger charge is 2.40. The lowest BCUT2D eigenvalue weighted by Crippen LogP contribution is -2.49. The number of nitrogens with two attached hydrogens (primary N) is 1. The van der Waals surface area contributed by atoms with Gasteiger partial charge in [-0.05, 0) is 61.6 Å². The highest BCUT2D eigenvalue weighted by atomic mass is 16.5. The van der Waals surface area contributed by atoms with Crippen LogP contribution in [0.2, 0.25) is 0 Å². The largest absolute Gasteiger partial charge is 0.497 e. The van der Waals surface area contributed by atoms with Gasteiger partial charge in [0.05, 0.1) is 7.11 Å². The van der Waals surface area contributed by atoms with Gasteiger partial charge in [0, 0.05) is 18.5 Å². The molecule has 2 bridgehead atoms. The maximum atomic E-state index is 12.5. The Labute approximate surface area is 138 Å². The Morgan fingerprint density at radius 1 is 1.22 bits per heavy atom. The summed E-state index contributed by atoms with van der Waals surface area (Å²) >= 11 is 0. The van der Waals surface area contributed by atoms with Crippen LogP contribution in [-0.2, 0) is 11.2 Å². The van der Waals surface area contributed by atoms with Crippen molar-refractivity contribution >= 4 is 5.91 Å². The first-order valence-corrected chi connectivity index (χ1v) is 8.83. The van der Waals surface area contributed by atoms with Crippen molar-refractivity contribution in [3.63, 3.8) is 0 Å². The molecule has 1 amide bonds. The van der Waals surface area contributed by atoms with Gasteiger partial charge < -0.3 is 15.8 Å². The summed E-state index contributed by atoms with van der Waals surface area (Å²) in [4.78, 5) is 12.5. The van der Waals surface area contributed by atoms with E-state index in [1.165, 1.54) is 24.8 Å². The minimum Gasteiger partial charge on any atom is -0.497 e. The van der Waals surface area contributed by atoms with Crippen LogP contribution >= 0.6 is 0 Å². The molecule has 2 aliphatic rings. The number of amides is 1. The van der Waals surface area contributed by atoms with Gasteiger partial charge in [-0.1, -0.05) is 18.6 Å². The summed E-state index contributed by atoms with van der Waals surface area (Å²) in [6.45, 7) is 0.697. The fraction of sp³-hybridized carbons (Fsp3) is 0.632. The van der Waals surface area contributed by atoms with Crippen molar-refractivity contribution in [2.75, 3.05) is 13.7 Å². The second-order valence-corrected chi connectivity index (χ2v) is 7.09. The van der Waals surface area contributed by atoms with Crippen LogP contribution in [0.25, 0.3) is 0 Å². The molecular weight excluding hydrogens is 288 g/mol. The number of benzene rings is 1. The molecule has 3 rings (SSSR count). The van der Waals surface area contributed by atoms with Crippen LogP contribution < -0.4 is 15.8 Å². The zero-order valence-corrected chi connectivity index (χ0v) is 14.0. The number of fused-ring (bicyclic) bond motifs is 2. The zero-order valence-electron chi connectivity index (χ0n) is 14.0. The number of hydrogen-bond donors (Lipinski definition) is 2. The number of carbonyl (C=O) groups excluding carboxylic acids is 1. The van der Waals surface area contributed by atoms with E-state index in [-0.39, 0.29) is 11.8 Å². The smallest absolute Gasteiger partial charge is 0.223 e. The van der Waals surface area contributed by atoms with Crippen molar-refractivity contribution in [1.29, 1.82) is 0 Å². The second kappa shape index (κ2) is 7.35. The lowest BCUT2D eigenvalue weighted by molar-refractivity contribution is -0.127. The van der Waals surface area contributed by atoms with Gasteiger partial charge in [-0.2, -0.15) is 0 Å². The van der Waals surface area contributed by atoms with Gasteiger partial charge in [0.25, 0.3) is 0 Å². The quantitative estimate of drug-likeness (QED) is 0.877. The number of methoxy groups -OCH3 is 1.